The van der Waals surface area contributed by atoms with Crippen molar-refractivity contribution in [3.63, 3.8) is 0 Å². The van der Waals surface area contributed by atoms with E-state index < -0.39 is 29.0 Å². The van der Waals surface area contributed by atoms with Gasteiger partial charge in [0.15, 0.2) is 0 Å². The van der Waals surface area contributed by atoms with E-state index in [1.54, 1.807) is 54.6 Å². The smallest absolute Gasteiger partial charge is 0.343 e. The normalized spacial score (nSPS) is 11.5. The molecule has 0 saturated carbocycles. The van der Waals surface area contributed by atoms with Crippen LogP contribution in [0, 0.1) is 10.1 Å². The molecule has 10 heteroatoms. The fourth-order valence-corrected chi connectivity index (χ4v) is 3.17. The summed E-state index contributed by atoms with van der Waals surface area (Å²) in [6.07, 6.45) is 4.62. The average molecular weight is 485 g/mol. The maximum atomic E-state index is 12.9. The van der Waals surface area contributed by atoms with Crippen molar-refractivity contribution >= 4 is 23.9 Å². The Bertz CT molecular complexity index is 1050. The molecule has 0 fully saturated rings. The van der Waals surface area contributed by atoms with Crippen LogP contribution < -0.4 is 10.1 Å². The van der Waals surface area contributed by atoms with Crippen LogP contribution in [0.1, 0.15) is 60.7 Å². The first-order chi connectivity index (χ1) is 16.8. The number of carbonyl (C=O) groups is 3. The van der Waals surface area contributed by atoms with Gasteiger partial charge in [0, 0.05) is 25.1 Å². The molecule has 0 radical (unpaired) electrons. The molecule has 0 saturated heterocycles. The van der Waals surface area contributed by atoms with Gasteiger partial charge in [-0.25, -0.2) is 4.79 Å². The van der Waals surface area contributed by atoms with E-state index in [0.717, 1.165) is 12.8 Å². The highest BCUT2D eigenvalue weighted by molar-refractivity contribution is 5.93. The summed E-state index contributed by atoms with van der Waals surface area (Å²) in [5, 5.41) is 11.6. The summed E-state index contributed by atoms with van der Waals surface area (Å²) < 4.78 is 11.0. The molecule has 0 aliphatic rings. The van der Waals surface area contributed by atoms with Crippen molar-refractivity contribution in [2.75, 3.05) is 13.2 Å². The number of benzene rings is 2. The molecule has 35 heavy (non-hydrogen) atoms. The molecule has 2 rings (SSSR count). The third kappa shape index (κ3) is 9.66. The number of amides is 1. The number of esters is 2. The molecule has 1 N–H and O–H groups in total. The minimum Gasteiger partial charge on any atom is -0.458 e. The van der Waals surface area contributed by atoms with Crippen LogP contribution in [0.5, 0.6) is 5.75 Å². The second-order valence-electron chi connectivity index (χ2n) is 7.47. The van der Waals surface area contributed by atoms with E-state index in [4.69, 9.17) is 9.47 Å². The van der Waals surface area contributed by atoms with Crippen LogP contribution in [0.15, 0.2) is 54.6 Å². The number of ether oxygens (including phenoxy) is 2. The Morgan fingerprint density at radius 2 is 1.83 bits per heavy atom. The van der Waals surface area contributed by atoms with Gasteiger partial charge in [-0.05, 0) is 42.7 Å². The highest BCUT2D eigenvalue weighted by Gasteiger charge is 2.22. The lowest BCUT2D eigenvalue weighted by Crippen LogP contribution is -2.26. The van der Waals surface area contributed by atoms with E-state index in [1.165, 1.54) is 13.0 Å². The van der Waals surface area contributed by atoms with Crippen molar-refractivity contribution in [2.45, 2.75) is 39.2 Å². The minimum absolute atomic E-state index is 0.00270. The second-order valence-corrected chi connectivity index (χ2v) is 7.47. The van der Waals surface area contributed by atoms with E-state index >= 15 is 0 Å². The molecular formula is C25H28N2O8. The summed E-state index contributed by atoms with van der Waals surface area (Å²) in [5.74, 6) is -1.12. The molecule has 1 amide bonds. The first-order valence-electron chi connectivity index (χ1n) is 11.1. The summed E-state index contributed by atoms with van der Waals surface area (Å²) in [6, 6.07) is 13.4. The molecule has 2 aromatic carbocycles. The van der Waals surface area contributed by atoms with Gasteiger partial charge in [-0.2, -0.15) is 0 Å². The lowest BCUT2D eigenvalue weighted by atomic mass is 9.98. The topological polar surface area (TPSA) is 134 Å². The molecule has 0 aliphatic heterocycles. The van der Waals surface area contributed by atoms with Crippen LogP contribution in [0.25, 0.3) is 6.08 Å². The Labute approximate surface area is 203 Å². The molecule has 0 aliphatic carbocycles. The summed E-state index contributed by atoms with van der Waals surface area (Å²) in [7, 11) is 0. The molecule has 2 aromatic rings. The molecule has 1 unspecified atom stereocenters. The van der Waals surface area contributed by atoms with E-state index in [-0.39, 0.29) is 13.2 Å². The quantitative estimate of drug-likeness (QED) is 0.112. The molecule has 0 bridgehead atoms. The zero-order valence-electron chi connectivity index (χ0n) is 19.6. The van der Waals surface area contributed by atoms with E-state index in [1.807, 2.05) is 6.92 Å². The standard InChI is InChI=1S/C25H28N2O8/c1-3-4-9-23(34-18(2)28)21-7-5-6-8-22(21)25(30)35-20-13-10-19(11-14-20)12-15-24(29)26-16-17-33-27(31)32/h5-8,10-15,23H,3-4,9,16-17H2,1-2H3,(H,26,29)/b15-12+. The molecule has 10 nitrogen and oxygen atoms in total. The van der Waals surface area contributed by atoms with Gasteiger partial charge in [-0.3, -0.25) is 9.59 Å². The third-order valence-corrected chi connectivity index (χ3v) is 4.77. The lowest BCUT2D eigenvalue weighted by Gasteiger charge is -2.19. The average Bonchev–Trinajstić information content (AvgIpc) is 2.83. The minimum atomic E-state index is -0.931. The van der Waals surface area contributed by atoms with Crippen molar-refractivity contribution in [3.05, 3.63) is 81.4 Å². The number of nitrogens with one attached hydrogen (secondary N) is 1. The summed E-state index contributed by atoms with van der Waals surface area (Å²) >= 11 is 0. The lowest BCUT2D eigenvalue weighted by molar-refractivity contribution is -0.757. The van der Waals surface area contributed by atoms with Crippen molar-refractivity contribution in [3.8, 4) is 5.75 Å². The maximum Gasteiger partial charge on any atom is 0.343 e. The van der Waals surface area contributed by atoms with Gasteiger partial charge in [0.1, 0.15) is 18.5 Å². The van der Waals surface area contributed by atoms with Crippen molar-refractivity contribution in [1.29, 1.82) is 0 Å². The van der Waals surface area contributed by atoms with Crippen LogP contribution in [0.3, 0.4) is 0 Å². The largest absolute Gasteiger partial charge is 0.458 e. The van der Waals surface area contributed by atoms with Crippen molar-refractivity contribution < 1.29 is 33.8 Å². The van der Waals surface area contributed by atoms with E-state index in [9.17, 15) is 24.5 Å². The Morgan fingerprint density at radius 1 is 1.11 bits per heavy atom. The van der Waals surface area contributed by atoms with E-state index in [2.05, 4.69) is 10.2 Å². The van der Waals surface area contributed by atoms with Crippen LogP contribution in [0.2, 0.25) is 0 Å². The fraction of sp³-hybridized carbons (Fsp3) is 0.320. The first kappa shape index (κ1) is 27.0. The fourth-order valence-electron chi connectivity index (χ4n) is 3.17. The number of rotatable bonds is 13. The SMILES string of the molecule is CCCCC(OC(C)=O)c1ccccc1C(=O)Oc1ccc(/C=C/C(=O)NCCO[N+](=O)[O-])cc1. The number of hydrogen-bond acceptors (Lipinski definition) is 8. The van der Waals surface area contributed by atoms with Gasteiger partial charge in [-0.1, -0.05) is 43.7 Å². The molecular weight excluding hydrogens is 456 g/mol. The molecule has 0 spiro atoms. The predicted molar refractivity (Wildman–Crippen MR) is 127 cm³/mol. The first-order valence-corrected chi connectivity index (χ1v) is 11.1. The summed E-state index contributed by atoms with van der Waals surface area (Å²) in [5.41, 5.74) is 1.59. The zero-order valence-corrected chi connectivity index (χ0v) is 19.6. The Hall–Kier alpha value is -4.21. The van der Waals surface area contributed by atoms with Crippen LogP contribution in [-0.2, 0) is 19.2 Å². The second kappa shape index (κ2) is 14.1. The Kier molecular flexibility index (Phi) is 10.9. The van der Waals surface area contributed by atoms with Gasteiger partial charge >= 0.3 is 11.9 Å². The van der Waals surface area contributed by atoms with Gasteiger partial charge in [0.2, 0.25) is 5.91 Å². The highest BCUT2D eigenvalue weighted by atomic mass is 16.9. The summed E-state index contributed by atoms with van der Waals surface area (Å²) in [6.45, 7) is 3.13. The summed E-state index contributed by atoms with van der Waals surface area (Å²) in [4.78, 5) is 50.4. The van der Waals surface area contributed by atoms with Gasteiger partial charge in [-0.15, -0.1) is 10.1 Å². The van der Waals surface area contributed by atoms with Crippen LogP contribution in [0.4, 0.5) is 0 Å². The van der Waals surface area contributed by atoms with E-state index in [0.29, 0.717) is 28.9 Å². The van der Waals surface area contributed by atoms with Gasteiger partial charge < -0.3 is 19.6 Å². The molecule has 186 valence electrons. The Morgan fingerprint density at radius 3 is 2.49 bits per heavy atom. The number of hydrogen-bond donors (Lipinski definition) is 1. The predicted octanol–water partition coefficient (Wildman–Crippen LogP) is 4.04. The van der Waals surface area contributed by atoms with Gasteiger partial charge in [0.05, 0.1) is 5.56 Å². The maximum absolute atomic E-state index is 12.9. The van der Waals surface area contributed by atoms with Gasteiger partial charge in [0.25, 0.3) is 5.09 Å². The number of carbonyl (C=O) groups excluding carboxylic acids is 3. The van der Waals surface area contributed by atoms with Crippen LogP contribution >= 0.6 is 0 Å². The number of unbranched alkanes of at least 4 members (excludes halogenated alkanes) is 1. The monoisotopic (exact) mass is 484 g/mol. The van der Waals surface area contributed by atoms with Crippen LogP contribution in [-0.4, -0.2) is 36.1 Å². The molecule has 0 heterocycles. The van der Waals surface area contributed by atoms with Crippen molar-refractivity contribution in [2.24, 2.45) is 0 Å². The third-order valence-electron chi connectivity index (χ3n) is 4.77. The molecule has 1 atom stereocenters. The highest BCUT2D eigenvalue weighted by Crippen LogP contribution is 2.28. The number of nitrogens with zero attached hydrogens (tertiary/aromatic N) is 1. The molecule has 0 aromatic heterocycles. The Balaban J connectivity index is 2.02. The zero-order chi connectivity index (χ0) is 25.6. The van der Waals surface area contributed by atoms with Crippen molar-refractivity contribution in [1.82, 2.24) is 5.32 Å².